The molecule has 0 aromatic heterocycles. The summed E-state index contributed by atoms with van der Waals surface area (Å²) in [6, 6.07) is 12.2. The molecule has 28 heavy (non-hydrogen) atoms. The number of para-hydroxylation sites is 1. The van der Waals surface area contributed by atoms with Gasteiger partial charge in [-0.2, -0.15) is 0 Å². The molecule has 1 heterocycles. The zero-order chi connectivity index (χ0) is 19.8. The molecule has 150 valence electrons. The van der Waals surface area contributed by atoms with Gasteiger partial charge in [0.05, 0.1) is 26.9 Å². The summed E-state index contributed by atoms with van der Waals surface area (Å²) in [4.78, 5) is 4.73. The third-order valence-electron chi connectivity index (χ3n) is 4.49. The maximum Gasteiger partial charge on any atom is 0.191 e. The summed E-state index contributed by atoms with van der Waals surface area (Å²) in [5.41, 5.74) is 3.28. The Labute approximate surface area is 166 Å². The monoisotopic (exact) mass is 383 g/mol. The summed E-state index contributed by atoms with van der Waals surface area (Å²) < 4.78 is 17.1. The van der Waals surface area contributed by atoms with Crippen LogP contribution in [-0.2, 0) is 13.1 Å². The van der Waals surface area contributed by atoms with Gasteiger partial charge in [0.1, 0.15) is 5.75 Å². The van der Waals surface area contributed by atoms with E-state index in [1.54, 1.807) is 7.11 Å². The van der Waals surface area contributed by atoms with E-state index in [1.165, 1.54) is 5.56 Å². The molecule has 2 aromatic carbocycles. The third-order valence-corrected chi connectivity index (χ3v) is 4.49. The molecule has 0 saturated carbocycles. The molecule has 6 nitrogen and oxygen atoms in total. The number of aliphatic imine (C=N–C) groups is 1. The smallest absolute Gasteiger partial charge is 0.191 e. The van der Waals surface area contributed by atoms with Crippen LogP contribution in [0.5, 0.6) is 17.2 Å². The molecule has 1 aliphatic heterocycles. The van der Waals surface area contributed by atoms with Gasteiger partial charge in [0.25, 0.3) is 0 Å². The van der Waals surface area contributed by atoms with Crippen LogP contribution in [0.15, 0.2) is 41.4 Å². The van der Waals surface area contributed by atoms with Crippen LogP contribution in [0.2, 0.25) is 0 Å². The van der Waals surface area contributed by atoms with Crippen LogP contribution in [0.3, 0.4) is 0 Å². The summed E-state index contributed by atoms with van der Waals surface area (Å²) in [5, 5.41) is 6.67. The zero-order valence-corrected chi connectivity index (χ0v) is 16.9. The lowest BCUT2D eigenvalue weighted by molar-refractivity contribution is 0.296. The molecule has 0 saturated heterocycles. The Hall–Kier alpha value is -2.89. The van der Waals surface area contributed by atoms with Gasteiger partial charge in [-0.1, -0.05) is 24.3 Å². The van der Waals surface area contributed by atoms with Crippen LogP contribution in [-0.4, -0.2) is 32.8 Å². The van der Waals surface area contributed by atoms with Crippen molar-refractivity contribution in [2.45, 2.75) is 33.4 Å². The Morgan fingerprint density at radius 1 is 1.11 bits per heavy atom. The highest BCUT2D eigenvalue weighted by atomic mass is 16.5. The van der Waals surface area contributed by atoms with Gasteiger partial charge in [-0.05, 0) is 31.5 Å². The fraction of sp³-hybridized carbons (Fsp3) is 0.409. The van der Waals surface area contributed by atoms with E-state index in [9.17, 15) is 0 Å². The molecule has 2 aromatic rings. The van der Waals surface area contributed by atoms with Gasteiger partial charge in [-0.15, -0.1) is 0 Å². The normalized spacial score (nSPS) is 13.6. The number of rotatable bonds is 6. The minimum atomic E-state index is 0.507. The van der Waals surface area contributed by atoms with Crippen LogP contribution < -0.4 is 24.8 Å². The van der Waals surface area contributed by atoms with Crippen LogP contribution in [0, 0.1) is 6.92 Å². The SMILES string of the molecule is CCNC(=NCc1cccc2c1OCCCO2)NCc1ccc(C)cc1OC. The second kappa shape index (κ2) is 9.88. The molecule has 0 radical (unpaired) electrons. The van der Waals surface area contributed by atoms with E-state index in [4.69, 9.17) is 19.2 Å². The second-order valence-corrected chi connectivity index (χ2v) is 6.66. The van der Waals surface area contributed by atoms with Crippen molar-refractivity contribution in [2.24, 2.45) is 4.99 Å². The number of nitrogens with zero attached hydrogens (tertiary/aromatic N) is 1. The molecular weight excluding hydrogens is 354 g/mol. The predicted molar refractivity (Wildman–Crippen MR) is 111 cm³/mol. The molecular formula is C22H29N3O3. The molecule has 2 N–H and O–H groups in total. The average molecular weight is 383 g/mol. The lowest BCUT2D eigenvalue weighted by atomic mass is 10.1. The van der Waals surface area contributed by atoms with Gasteiger partial charge in [0, 0.05) is 30.6 Å². The lowest BCUT2D eigenvalue weighted by Crippen LogP contribution is -2.36. The Morgan fingerprint density at radius 2 is 1.96 bits per heavy atom. The number of hydrogen-bond acceptors (Lipinski definition) is 4. The van der Waals surface area contributed by atoms with Gasteiger partial charge in [-0.25, -0.2) is 4.99 Å². The van der Waals surface area contributed by atoms with E-state index < -0.39 is 0 Å². The topological polar surface area (TPSA) is 64.1 Å². The molecule has 3 rings (SSSR count). The molecule has 1 aliphatic rings. The summed E-state index contributed by atoms with van der Waals surface area (Å²) in [5.74, 6) is 3.23. The summed E-state index contributed by atoms with van der Waals surface area (Å²) in [6.07, 6.45) is 0.889. The van der Waals surface area contributed by atoms with Crippen LogP contribution in [0.25, 0.3) is 0 Å². The minimum absolute atomic E-state index is 0.507. The van der Waals surface area contributed by atoms with Crippen LogP contribution in [0.4, 0.5) is 0 Å². The van der Waals surface area contributed by atoms with Crippen LogP contribution in [0.1, 0.15) is 30.0 Å². The van der Waals surface area contributed by atoms with Crippen molar-refractivity contribution in [1.82, 2.24) is 10.6 Å². The number of hydrogen-bond donors (Lipinski definition) is 2. The van der Waals surface area contributed by atoms with Gasteiger partial charge >= 0.3 is 0 Å². The third kappa shape index (κ3) is 5.09. The fourth-order valence-corrected chi connectivity index (χ4v) is 3.06. The standard InChI is InChI=1S/C22H29N3O3/c1-4-23-22(24-14-17-10-9-16(2)13-20(17)26-3)25-15-18-7-5-8-19-21(18)28-12-6-11-27-19/h5,7-10,13H,4,6,11-12,14-15H2,1-3H3,(H2,23,24,25). The predicted octanol–water partition coefficient (Wildman–Crippen LogP) is 3.42. The quantitative estimate of drug-likeness (QED) is 0.591. The maximum absolute atomic E-state index is 5.89. The molecule has 0 bridgehead atoms. The number of guanidine groups is 1. The van der Waals surface area contributed by atoms with Crippen molar-refractivity contribution in [3.8, 4) is 17.2 Å². The fourth-order valence-electron chi connectivity index (χ4n) is 3.06. The number of methoxy groups -OCH3 is 1. The number of fused-ring (bicyclic) bond motifs is 1. The number of nitrogens with one attached hydrogen (secondary N) is 2. The van der Waals surface area contributed by atoms with Crippen molar-refractivity contribution < 1.29 is 14.2 Å². The first-order valence-electron chi connectivity index (χ1n) is 9.74. The van der Waals surface area contributed by atoms with E-state index in [0.717, 1.165) is 47.3 Å². The summed E-state index contributed by atoms with van der Waals surface area (Å²) in [7, 11) is 1.70. The van der Waals surface area contributed by atoms with Gasteiger partial charge in [-0.3, -0.25) is 0 Å². The summed E-state index contributed by atoms with van der Waals surface area (Å²) >= 11 is 0. The first-order chi connectivity index (χ1) is 13.7. The zero-order valence-electron chi connectivity index (χ0n) is 16.9. The van der Waals surface area contributed by atoms with Crippen molar-refractivity contribution in [3.05, 3.63) is 53.1 Å². The minimum Gasteiger partial charge on any atom is -0.496 e. The largest absolute Gasteiger partial charge is 0.496 e. The number of benzene rings is 2. The summed E-state index contributed by atoms with van der Waals surface area (Å²) in [6.45, 7) is 7.37. The first kappa shape index (κ1) is 19.9. The molecule has 0 unspecified atom stereocenters. The van der Waals surface area contributed by atoms with E-state index in [-0.39, 0.29) is 0 Å². The van der Waals surface area contributed by atoms with Crippen molar-refractivity contribution in [3.63, 3.8) is 0 Å². The lowest BCUT2D eigenvalue weighted by Gasteiger charge is -2.15. The highest BCUT2D eigenvalue weighted by Crippen LogP contribution is 2.33. The Morgan fingerprint density at radius 3 is 2.79 bits per heavy atom. The van der Waals surface area contributed by atoms with Crippen molar-refractivity contribution in [2.75, 3.05) is 26.9 Å². The van der Waals surface area contributed by atoms with Crippen molar-refractivity contribution in [1.29, 1.82) is 0 Å². The first-order valence-corrected chi connectivity index (χ1v) is 9.74. The number of ether oxygens (including phenoxy) is 3. The Balaban J connectivity index is 1.72. The van der Waals surface area contributed by atoms with Gasteiger partial charge in [0.2, 0.25) is 0 Å². The van der Waals surface area contributed by atoms with E-state index >= 15 is 0 Å². The molecule has 0 atom stereocenters. The second-order valence-electron chi connectivity index (χ2n) is 6.66. The van der Waals surface area contributed by atoms with Crippen LogP contribution >= 0.6 is 0 Å². The molecule has 0 spiro atoms. The van der Waals surface area contributed by atoms with E-state index in [1.807, 2.05) is 24.3 Å². The molecule has 6 heteroatoms. The highest BCUT2D eigenvalue weighted by Gasteiger charge is 2.14. The Bertz CT molecular complexity index is 821. The van der Waals surface area contributed by atoms with Crippen molar-refractivity contribution >= 4 is 5.96 Å². The molecule has 0 aliphatic carbocycles. The maximum atomic E-state index is 5.89. The van der Waals surface area contributed by atoms with E-state index in [0.29, 0.717) is 26.3 Å². The highest BCUT2D eigenvalue weighted by molar-refractivity contribution is 5.79. The van der Waals surface area contributed by atoms with Gasteiger partial charge < -0.3 is 24.8 Å². The van der Waals surface area contributed by atoms with E-state index in [2.05, 4.69) is 36.6 Å². The number of aryl methyl sites for hydroxylation is 1. The average Bonchev–Trinajstić information content (AvgIpc) is 2.96. The molecule has 0 amide bonds. The molecule has 0 fully saturated rings. The van der Waals surface area contributed by atoms with Gasteiger partial charge in [0.15, 0.2) is 17.5 Å². The Kier molecular flexibility index (Phi) is 7.00.